The van der Waals surface area contributed by atoms with Crippen LogP contribution in [0.1, 0.15) is 69.2 Å². The van der Waals surface area contributed by atoms with Gasteiger partial charge < -0.3 is 14.8 Å². The molecule has 0 aliphatic carbocycles. The number of halogens is 1. The van der Waals surface area contributed by atoms with Crippen LogP contribution in [0.3, 0.4) is 0 Å². The molecule has 172 valence electrons. The number of hydrogen-bond donors (Lipinski definition) is 1. The van der Waals surface area contributed by atoms with Gasteiger partial charge in [0.15, 0.2) is 17.9 Å². The zero-order valence-corrected chi connectivity index (χ0v) is 17.9. The number of nitro benzene ring substituents is 1. The Balaban J connectivity index is 2.83. The smallest absolute Gasteiger partial charge is 0.302 e. The van der Waals surface area contributed by atoms with Crippen LogP contribution in [-0.2, 0) is 14.3 Å². The molecule has 1 rings (SSSR count). The van der Waals surface area contributed by atoms with Crippen LogP contribution >= 0.6 is 0 Å². The fraction of sp³-hybridized carbons (Fsp3) is 0.571. The summed E-state index contributed by atoms with van der Waals surface area (Å²) in [6, 6.07) is 1.80. The van der Waals surface area contributed by atoms with Crippen molar-refractivity contribution in [3.8, 4) is 5.75 Å². The quantitative estimate of drug-likeness (QED) is 0.145. The van der Waals surface area contributed by atoms with Crippen molar-refractivity contribution in [2.24, 2.45) is 0 Å². The van der Waals surface area contributed by atoms with Gasteiger partial charge in [-0.25, -0.2) is 4.39 Å². The number of nitrogens with zero attached hydrogens (tertiary/aromatic N) is 1. The van der Waals surface area contributed by atoms with Crippen molar-refractivity contribution < 1.29 is 33.2 Å². The van der Waals surface area contributed by atoms with Gasteiger partial charge in [-0.1, -0.05) is 26.2 Å². The van der Waals surface area contributed by atoms with E-state index in [1.807, 2.05) is 0 Å². The summed E-state index contributed by atoms with van der Waals surface area (Å²) in [6.07, 6.45) is 4.10. The van der Waals surface area contributed by atoms with E-state index in [0.29, 0.717) is 6.42 Å². The topological polar surface area (TPSA) is 125 Å². The monoisotopic (exact) mass is 440 g/mol. The van der Waals surface area contributed by atoms with Crippen LogP contribution in [-0.4, -0.2) is 42.3 Å². The van der Waals surface area contributed by atoms with Crippen LogP contribution in [0.5, 0.6) is 5.75 Å². The van der Waals surface area contributed by atoms with Crippen molar-refractivity contribution in [2.75, 3.05) is 13.2 Å². The third-order valence-electron chi connectivity index (χ3n) is 4.53. The number of carbonyl (C=O) groups excluding carboxylic acids is 3. The van der Waals surface area contributed by atoms with E-state index in [9.17, 15) is 28.9 Å². The number of nitrogens with one attached hydrogen (secondary N) is 1. The lowest BCUT2D eigenvalue weighted by Crippen LogP contribution is -2.29. The third-order valence-corrected chi connectivity index (χ3v) is 4.53. The lowest BCUT2D eigenvalue weighted by atomic mass is 10.0. The second-order valence-corrected chi connectivity index (χ2v) is 7.00. The molecule has 0 aliphatic rings. The Morgan fingerprint density at radius 2 is 2.00 bits per heavy atom. The fourth-order valence-corrected chi connectivity index (χ4v) is 2.95. The van der Waals surface area contributed by atoms with Crippen molar-refractivity contribution >= 4 is 23.9 Å². The van der Waals surface area contributed by atoms with Gasteiger partial charge in [0.2, 0.25) is 5.91 Å². The molecule has 0 saturated heterocycles. The molecule has 0 saturated carbocycles. The summed E-state index contributed by atoms with van der Waals surface area (Å²) >= 11 is 0. The second kappa shape index (κ2) is 14.1. The van der Waals surface area contributed by atoms with Gasteiger partial charge in [0, 0.05) is 19.4 Å². The molecule has 1 atom stereocenters. The van der Waals surface area contributed by atoms with Gasteiger partial charge in [-0.15, -0.1) is 0 Å². The van der Waals surface area contributed by atoms with Gasteiger partial charge in [-0.05, 0) is 25.3 Å². The molecule has 10 heteroatoms. The average molecular weight is 440 g/mol. The first kappa shape index (κ1) is 26.0. The second-order valence-electron chi connectivity index (χ2n) is 7.00. The number of amides is 1. The SMILES string of the molecule is CCCCCCC(CCC(=O)NCCOC(C)=O)Oc1c(F)ccc([N+](=O)[O-])c1C=O. The van der Waals surface area contributed by atoms with E-state index in [-0.39, 0.29) is 38.2 Å². The van der Waals surface area contributed by atoms with Crippen LogP contribution in [0, 0.1) is 15.9 Å². The van der Waals surface area contributed by atoms with Crippen LogP contribution in [0.2, 0.25) is 0 Å². The van der Waals surface area contributed by atoms with Crippen molar-refractivity contribution in [3.05, 3.63) is 33.6 Å². The highest BCUT2D eigenvalue weighted by atomic mass is 19.1. The lowest BCUT2D eigenvalue weighted by molar-refractivity contribution is -0.385. The molecule has 0 aromatic heterocycles. The molecule has 1 aromatic carbocycles. The van der Waals surface area contributed by atoms with Gasteiger partial charge in [0.05, 0.1) is 17.6 Å². The van der Waals surface area contributed by atoms with Gasteiger partial charge in [0.1, 0.15) is 12.2 Å². The van der Waals surface area contributed by atoms with Crippen LogP contribution < -0.4 is 10.1 Å². The fourth-order valence-electron chi connectivity index (χ4n) is 2.95. The Morgan fingerprint density at radius 3 is 2.61 bits per heavy atom. The van der Waals surface area contributed by atoms with Gasteiger partial charge in [-0.3, -0.25) is 24.5 Å². The Morgan fingerprint density at radius 1 is 1.26 bits per heavy atom. The molecule has 0 fully saturated rings. The number of rotatable bonds is 15. The van der Waals surface area contributed by atoms with E-state index in [1.54, 1.807) is 0 Å². The van der Waals surface area contributed by atoms with E-state index in [4.69, 9.17) is 9.47 Å². The molecule has 1 unspecified atom stereocenters. The van der Waals surface area contributed by atoms with Crippen LogP contribution in [0.4, 0.5) is 10.1 Å². The highest BCUT2D eigenvalue weighted by molar-refractivity contribution is 5.85. The zero-order valence-electron chi connectivity index (χ0n) is 17.9. The van der Waals surface area contributed by atoms with Crippen molar-refractivity contribution in [2.45, 2.75) is 64.9 Å². The number of carbonyl (C=O) groups is 3. The summed E-state index contributed by atoms with van der Waals surface area (Å²) in [5, 5.41) is 13.7. The molecular weight excluding hydrogens is 411 g/mol. The Labute approximate surface area is 180 Å². The lowest BCUT2D eigenvalue weighted by Gasteiger charge is -2.20. The van der Waals surface area contributed by atoms with E-state index in [0.717, 1.165) is 37.8 Å². The van der Waals surface area contributed by atoms with Crippen LogP contribution in [0.25, 0.3) is 0 Å². The van der Waals surface area contributed by atoms with Crippen LogP contribution in [0.15, 0.2) is 12.1 Å². The molecule has 0 radical (unpaired) electrons. The maximum Gasteiger partial charge on any atom is 0.302 e. The molecule has 0 bridgehead atoms. The third kappa shape index (κ3) is 9.54. The first-order valence-electron chi connectivity index (χ1n) is 10.3. The Kier molecular flexibility index (Phi) is 11.8. The van der Waals surface area contributed by atoms with E-state index >= 15 is 0 Å². The molecule has 1 aromatic rings. The first-order valence-corrected chi connectivity index (χ1v) is 10.3. The van der Waals surface area contributed by atoms with Crippen molar-refractivity contribution in [1.29, 1.82) is 0 Å². The predicted molar refractivity (Wildman–Crippen MR) is 110 cm³/mol. The summed E-state index contributed by atoms with van der Waals surface area (Å²) in [5.74, 6) is -2.10. The molecule has 0 heterocycles. The number of esters is 1. The van der Waals surface area contributed by atoms with E-state index in [1.165, 1.54) is 6.92 Å². The summed E-state index contributed by atoms with van der Waals surface area (Å²) < 4.78 is 24.7. The molecule has 31 heavy (non-hydrogen) atoms. The standard InChI is InChI=1S/C21H29FN2O7/c1-3-4-5-6-7-16(8-11-20(27)23-12-13-30-15(2)26)31-21-17(14-25)19(24(28)29)10-9-18(21)22/h9-10,14,16H,3-8,11-13H2,1-2H3,(H,23,27). The van der Waals surface area contributed by atoms with Gasteiger partial charge in [0.25, 0.3) is 5.69 Å². The molecule has 0 aliphatic heterocycles. The number of nitro groups is 1. The van der Waals surface area contributed by atoms with Gasteiger partial charge in [-0.2, -0.15) is 0 Å². The van der Waals surface area contributed by atoms with E-state index < -0.39 is 39.8 Å². The van der Waals surface area contributed by atoms with Crippen molar-refractivity contribution in [1.82, 2.24) is 5.32 Å². The number of ether oxygens (including phenoxy) is 2. The maximum absolute atomic E-state index is 14.3. The summed E-state index contributed by atoms with van der Waals surface area (Å²) in [7, 11) is 0. The summed E-state index contributed by atoms with van der Waals surface area (Å²) in [6.45, 7) is 3.54. The average Bonchev–Trinajstić information content (AvgIpc) is 2.72. The number of unbranched alkanes of at least 4 members (excludes halogenated alkanes) is 3. The molecule has 1 amide bonds. The summed E-state index contributed by atoms with van der Waals surface area (Å²) in [4.78, 5) is 44.5. The van der Waals surface area contributed by atoms with E-state index in [2.05, 4.69) is 12.2 Å². The molecule has 9 nitrogen and oxygen atoms in total. The summed E-state index contributed by atoms with van der Waals surface area (Å²) in [5.41, 5.74) is -1.01. The number of benzene rings is 1. The predicted octanol–water partition coefficient (Wildman–Crippen LogP) is 3.72. The molecule has 0 spiro atoms. The maximum atomic E-state index is 14.3. The molecular formula is C21H29FN2O7. The first-order chi connectivity index (χ1) is 14.8. The highest BCUT2D eigenvalue weighted by Crippen LogP contribution is 2.31. The van der Waals surface area contributed by atoms with Gasteiger partial charge >= 0.3 is 5.97 Å². The number of hydrogen-bond acceptors (Lipinski definition) is 7. The zero-order chi connectivity index (χ0) is 23.2. The Hall–Kier alpha value is -3.04. The largest absolute Gasteiger partial charge is 0.486 e. The number of aldehydes is 1. The molecule has 1 N–H and O–H groups in total. The Bertz CT molecular complexity index is 770. The normalized spacial score (nSPS) is 11.5. The minimum Gasteiger partial charge on any atom is -0.486 e. The minimum absolute atomic E-state index is 0.0552. The van der Waals surface area contributed by atoms with Crippen molar-refractivity contribution in [3.63, 3.8) is 0 Å². The highest BCUT2D eigenvalue weighted by Gasteiger charge is 2.25. The minimum atomic E-state index is -0.878.